The maximum absolute atomic E-state index is 11.3. The van der Waals surface area contributed by atoms with Gasteiger partial charge in [-0.05, 0) is 12.8 Å². The molecule has 0 aliphatic carbocycles. The summed E-state index contributed by atoms with van der Waals surface area (Å²) in [7, 11) is 0. The van der Waals surface area contributed by atoms with Crippen LogP contribution in [0.15, 0.2) is 5.29 Å². The van der Waals surface area contributed by atoms with Gasteiger partial charge in [0.05, 0.1) is 5.29 Å². The highest BCUT2D eigenvalue weighted by Crippen LogP contribution is 2.17. The van der Waals surface area contributed by atoms with Crippen molar-refractivity contribution < 1.29 is 9.90 Å². The Hall–Kier alpha value is -1.13. The lowest BCUT2D eigenvalue weighted by Gasteiger charge is -2.22. The molecule has 1 aliphatic rings. The number of hydrogen-bond donors (Lipinski definition) is 1. The maximum atomic E-state index is 11.3. The van der Waals surface area contributed by atoms with Crippen LogP contribution >= 0.6 is 0 Å². The van der Waals surface area contributed by atoms with Crippen molar-refractivity contribution in [1.82, 2.24) is 5.01 Å². The molecule has 0 aromatic heterocycles. The zero-order valence-electron chi connectivity index (χ0n) is 12.4. The van der Waals surface area contributed by atoms with Crippen LogP contribution in [0, 0.1) is 4.91 Å². The van der Waals surface area contributed by atoms with Gasteiger partial charge in [0.2, 0.25) is 0 Å². The van der Waals surface area contributed by atoms with E-state index in [0.29, 0.717) is 13.0 Å². The van der Waals surface area contributed by atoms with E-state index in [-0.39, 0.29) is 0 Å². The van der Waals surface area contributed by atoms with Crippen molar-refractivity contribution >= 4 is 5.97 Å². The number of hydrogen-bond acceptors (Lipinski definition) is 3. The van der Waals surface area contributed by atoms with Crippen LogP contribution in [0.2, 0.25) is 0 Å². The average Bonchev–Trinajstić information content (AvgIpc) is 2.44. The highest BCUT2D eigenvalue weighted by Gasteiger charge is 2.24. The van der Waals surface area contributed by atoms with E-state index in [1.807, 2.05) is 0 Å². The molecule has 5 heteroatoms. The zero-order chi connectivity index (χ0) is 14.6. The second-order valence-corrected chi connectivity index (χ2v) is 5.78. The fraction of sp³-hybridized carbons (Fsp3) is 0.933. The van der Waals surface area contributed by atoms with Crippen molar-refractivity contribution in [2.45, 2.75) is 83.1 Å². The molecule has 0 radical (unpaired) electrons. The van der Waals surface area contributed by atoms with E-state index in [1.54, 1.807) is 0 Å². The summed E-state index contributed by atoms with van der Waals surface area (Å²) in [6.45, 7) is 0.473. The van der Waals surface area contributed by atoms with Gasteiger partial charge in [-0.2, -0.15) is 0 Å². The lowest BCUT2D eigenvalue weighted by Crippen LogP contribution is -2.38. The largest absolute Gasteiger partial charge is 0.480 e. The molecule has 1 saturated heterocycles. The van der Waals surface area contributed by atoms with Crippen LogP contribution in [0.5, 0.6) is 0 Å². The third-order valence-electron chi connectivity index (χ3n) is 4.11. The number of carbonyl (C=O) groups is 1. The van der Waals surface area contributed by atoms with Crippen LogP contribution in [0.25, 0.3) is 0 Å². The van der Waals surface area contributed by atoms with Crippen molar-refractivity contribution in [1.29, 1.82) is 0 Å². The molecule has 5 nitrogen and oxygen atoms in total. The molecule has 0 aromatic rings. The van der Waals surface area contributed by atoms with Gasteiger partial charge >= 0.3 is 5.97 Å². The molecule has 1 rings (SSSR count). The number of aliphatic carboxylic acids is 1. The Bertz CT molecular complexity index is 284. The Morgan fingerprint density at radius 2 is 1.30 bits per heavy atom. The van der Waals surface area contributed by atoms with E-state index < -0.39 is 12.0 Å². The molecular formula is C15H28N2O3. The number of rotatable bonds is 2. The number of nitrogens with zero attached hydrogens (tertiary/aromatic N) is 2. The first-order valence-corrected chi connectivity index (χ1v) is 8.08. The molecule has 0 spiro atoms. The van der Waals surface area contributed by atoms with Gasteiger partial charge in [0.15, 0.2) is 0 Å². The van der Waals surface area contributed by atoms with Crippen LogP contribution in [0.3, 0.4) is 0 Å². The predicted octanol–water partition coefficient (Wildman–Crippen LogP) is 4.12. The van der Waals surface area contributed by atoms with Gasteiger partial charge in [0, 0.05) is 6.54 Å². The fourth-order valence-electron chi connectivity index (χ4n) is 2.86. The highest BCUT2D eigenvalue weighted by atomic mass is 16.4. The summed E-state index contributed by atoms with van der Waals surface area (Å²) in [5.41, 5.74) is 0. The van der Waals surface area contributed by atoms with E-state index in [4.69, 9.17) is 0 Å². The van der Waals surface area contributed by atoms with Crippen LogP contribution in [-0.2, 0) is 4.79 Å². The SMILES string of the molecule is O=NN1CCCCCCCCCCCCCC1C(=O)O. The molecule has 0 saturated carbocycles. The van der Waals surface area contributed by atoms with Crippen molar-refractivity contribution in [2.75, 3.05) is 6.54 Å². The Morgan fingerprint density at radius 1 is 0.850 bits per heavy atom. The van der Waals surface area contributed by atoms with Crippen LogP contribution in [0.4, 0.5) is 0 Å². The molecule has 0 amide bonds. The molecule has 1 heterocycles. The van der Waals surface area contributed by atoms with Crippen molar-refractivity contribution in [3.63, 3.8) is 0 Å². The van der Waals surface area contributed by atoms with Gasteiger partial charge in [0.1, 0.15) is 6.04 Å². The smallest absolute Gasteiger partial charge is 0.328 e. The van der Waals surface area contributed by atoms with E-state index in [0.717, 1.165) is 25.7 Å². The minimum atomic E-state index is -0.922. The third-order valence-corrected chi connectivity index (χ3v) is 4.11. The first-order valence-electron chi connectivity index (χ1n) is 8.08. The number of nitroso groups, excluding NO2 is 1. The number of carboxylic acid groups (broad SMARTS) is 1. The van der Waals surface area contributed by atoms with Crippen molar-refractivity contribution in [3.05, 3.63) is 4.91 Å². The van der Waals surface area contributed by atoms with Gasteiger partial charge in [-0.3, -0.25) is 0 Å². The Kier molecular flexibility index (Phi) is 9.00. The normalized spacial score (nSPS) is 24.4. The summed E-state index contributed by atoms with van der Waals surface area (Å²) in [6, 6.07) is -0.738. The van der Waals surface area contributed by atoms with Gasteiger partial charge in [-0.1, -0.05) is 64.2 Å². The molecule has 1 atom stereocenters. The first-order chi connectivity index (χ1) is 9.75. The van der Waals surface area contributed by atoms with Crippen LogP contribution in [-0.4, -0.2) is 28.7 Å². The summed E-state index contributed by atoms with van der Waals surface area (Å²) in [4.78, 5) is 22.2. The van der Waals surface area contributed by atoms with Crippen LogP contribution in [0.1, 0.15) is 77.0 Å². The minimum Gasteiger partial charge on any atom is -0.480 e. The molecule has 1 aliphatic heterocycles. The molecule has 1 unspecified atom stereocenters. The Labute approximate surface area is 121 Å². The summed E-state index contributed by atoms with van der Waals surface area (Å²) in [5.74, 6) is -0.922. The highest BCUT2D eigenvalue weighted by molar-refractivity contribution is 5.73. The molecule has 116 valence electrons. The minimum absolute atomic E-state index is 0.473. The van der Waals surface area contributed by atoms with Crippen LogP contribution < -0.4 is 0 Å². The third kappa shape index (κ3) is 6.87. The van der Waals surface area contributed by atoms with Gasteiger partial charge in [-0.25, -0.2) is 9.80 Å². The standard InChI is InChI=1S/C15H28N2O3/c18-15(19)14-12-10-8-6-4-2-1-3-5-7-9-11-13-17(14)16-20/h14H,1-13H2,(H,18,19). The Morgan fingerprint density at radius 3 is 1.75 bits per heavy atom. The molecule has 1 fully saturated rings. The summed E-state index contributed by atoms with van der Waals surface area (Å²) in [5, 5.41) is 13.4. The lowest BCUT2D eigenvalue weighted by molar-refractivity contribution is -0.143. The average molecular weight is 284 g/mol. The second kappa shape index (κ2) is 10.6. The Balaban J connectivity index is 2.49. The van der Waals surface area contributed by atoms with E-state index in [1.165, 1.54) is 50.0 Å². The second-order valence-electron chi connectivity index (χ2n) is 5.78. The van der Waals surface area contributed by atoms with Crippen molar-refractivity contribution in [3.8, 4) is 0 Å². The van der Waals surface area contributed by atoms with E-state index in [2.05, 4.69) is 5.29 Å². The van der Waals surface area contributed by atoms with Gasteiger partial charge < -0.3 is 5.11 Å². The zero-order valence-corrected chi connectivity index (χ0v) is 12.4. The van der Waals surface area contributed by atoms with Gasteiger partial charge in [-0.15, -0.1) is 4.91 Å². The summed E-state index contributed by atoms with van der Waals surface area (Å²) >= 11 is 0. The molecular weight excluding hydrogens is 256 g/mol. The van der Waals surface area contributed by atoms with Crippen molar-refractivity contribution in [2.24, 2.45) is 5.29 Å². The quantitative estimate of drug-likeness (QED) is 0.774. The summed E-state index contributed by atoms with van der Waals surface area (Å²) in [6.07, 6.45) is 13.1. The van der Waals surface area contributed by atoms with E-state index >= 15 is 0 Å². The maximum Gasteiger partial charge on any atom is 0.328 e. The first kappa shape index (κ1) is 16.9. The molecule has 1 N–H and O–H groups in total. The van der Waals surface area contributed by atoms with Gasteiger partial charge in [0.25, 0.3) is 0 Å². The molecule has 0 bridgehead atoms. The predicted molar refractivity (Wildman–Crippen MR) is 79.3 cm³/mol. The molecule has 20 heavy (non-hydrogen) atoms. The van der Waals surface area contributed by atoms with E-state index in [9.17, 15) is 14.8 Å². The lowest BCUT2D eigenvalue weighted by atomic mass is 10.0. The number of carboxylic acids is 1. The molecule has 0 aromatic carbocycles. The monoisotopic (exact) mass is 284 g/mol. The topological polar surface area (TPSA) is 70.0 Å². The fourth-order valence-corrected chi connectivity index (χ4v) is 2.86. The summed E-state index contributed by atoms with van der Waals surface area (Å²) < 4.78 is 0.